The van der Waals surface area contributed by atoms with Crippen LogP contribution >= 0.6 is 11.6 Å². The van der Waals surface area contributed by atoms with Crippen LogP contribution in [0.25, 0.3) is 21.9 Å². The van der Waals surface area contributed by atoms with E-state index in [9.17, 15) is 9.59 Å². The van der Waals surface area contributed by atoms with Gasteiger partial charge < -0.3 is 14.1 Å². The number of rotatable bonds is 3. The highest BCUT2D eigenvalue weighted by Gasteiger charge is 2.07. The van der Waals surface area contributed by atoms with Crippen LogP contribution in [0.1, 0.15) is 11.1 Å². The van der Waals surface area contributed by atoms with Crippen molar-refractivity contribution in [3.8, 4) is 5.75 Å². The van der Waals surface area contributed by atoms with Crippen LogP contribution < -0.4 is 15.9 Å². The number of pyridine rings is 1. The second kappa shape index (κ2) is 6.35. The van der Waals surface area contributed by atoms with Crippen LogP contribution in [0, 0.1) is 6.92 Å². The van der Waals surface area contributed by atoms with Crippen molar-refractivity contribution in [3.05, 3.63) is 85.5 Å². The van der Waals surface area contributed by atoms with Crippen molar-refractivity contribution in [2.75, 3.05) is 0 Å². The third-order valence-corrected chi connectivity index (χ3v) is 4.44. The molecule has 0 aliphatic heterocycles. The van der Waals surface area contributed by atoms with E-state index in [0.29, 0.717) is 21.9 Å². The fourth-order valence-corrected chi connectivity index (χ4v) is 3.15. The summed E-state index contributed by atoms with van der Waals surface area (Å²) < 4.78 is 11.1. The Hall–Kier alpha value is -3.05. The molecule has 0 saturated heterocycles. The lowest BCUT2D eigenvalue weighted by atomic mass is 10.1. The summed E-state index contributed by atoms with van der Waals surface area (Å²) in [5, 5.41) is 2.26. The van der Waals surface area contributed by atoms with Gasteiger partial charge in [0.1, 0.15) is 17.9 Å². The minimum Gasteiger partial charge on any atom is -0.489 e. The molecule has 0 amide bonds. The summed E-state index contributed by atoms with van der Waals surface area (Å²) in [5.74, 6) is 0.550. The molecule has 4 aromatic rings. The van der Waals surface area contributed by atoms with Gasteiger partial charge in [0.25, 0.3) is 0 Å². The quantitative estimate of drug-likeness (QED) is 0.551. The van der Waals surface area contributed by atoms with Crippen LogP contribution in [-0.2, 0) is 6.61 Å². The monoisotopic (exact) mass is 367 g/mol. The van der Waals surface area contributed by atoms with E-state index < -0.39 is 5.63 Å². The number of H-pyrrole nitrogens is 1. The second-order valence-electron chi connectivity index (χ2n) is 6.04. The number of halogens is 1. The Morgan fingerprint density at radius 2 is 1.85 bits per heavy atom. The molecule has 4 rings (SSSR count). The smallest absolute Gasteiger partial charge is 0.336 e. The molecule has 0 radical (unpaired) electrons. The molecular weight excluding hydrogens is 354 g/mol. The molecule has 0 bridgehead atoms. The molecule has 0 atom stereocenters. The standard InChI is InChI=1S/C20H14ClNO4/c1-11-6-20(24)26-18-9-14(3-5-15(11)18)25-10-12-7-19(23)22-17-8-13(21)2-4-16(12)17/h2-9H,10H2,1H3,(H,22,23). The maximum atomic E-state index is 11.9. The molecular formula is C20H14ClNO4. The number of hydrogen-bond acceptors (Lipinski definition) is 4. The van der Waals surface area contributed by atoms with E-state index in [2.05, 4.69) is 4.98 Å². The molecule has 2 heterocycles. The van der Waals surface area contributed by atoms with E-state index >= 15 is 0 Å². The summed E-state index contributed by atoms with van der Waals surface area (Å²) in [6.07, 6.45) is 0. The number of nitrogens with one attached hydrogen (secondary N) is 1. The van der Waals surface area contributed by atoms with Gasteiger partial charge in [-0.2, -0.15) is 0 Å². The van der Waals surface area contributed by atoms with Gasteiger partial charge in [0.2, 0.25) is 5.56 Å². The highest BCUT2D eigenvalue weighted by atomic mass is 35.5. The first kappa shape index (κ1) is 16.4. The van der Waals surface area contributed by atoms with Crippen molar-refractivity contribution in [1.82, 2.24) is 4.98 Å². The minimum absolute atomic E-state index is 0.198. The number of ether oxygens (including phenoxy) is 1. The lowest BCUT2D eigenvalue weighted by Gasteiger charge is -2.10. The molecule has 5 nitrogen and oxygen atoms in total. The average molecular weight is 368 g/mol. The average Bonchev–Trinajstić information content (AvgIpc) is 2.58. The van der Waals surface area contributed by atoms with Crippen LogP contribution in [0.3, 0.4) is 0 Å². The highest BCUT2D eigenvalue weighted by Crippen LogP contribution is 2.24. The van der Waals surface area contributed by atoms with Crippen molar-refractivity contribution in [3.63, 3.8) is 0 Å². The number of benzene rings is 2. The zero-order valence-corrected chi connectivity index (χ0v) is 14.6. The zero-order chi connectivity index (χ0) is 18.3. The van der Waals surface area contributed by atoms with Crippen molar-refractivity contribution in [2.24, 2.45) is 0 Å². The minimum atomic E-state index is -0.399. The van der Waals surface area contributed by atoms with E-state index in [1.807, 2.05) is 25.1 Å². The molecule has 2 aromatic heterocycles. The Balaban J connectivity index is 1.69. The predicted molar refractivity (Wildman–Crippen MR) is 101 cm³/mol. The van der Waals surface area contributed by atoms with Crippen LogP contribution in [0.15, 0.2) is 62.5 Å². The first-order valence-electron chi connectivity index (χ1n) is 7.98. The normalized spacial score (nSPS) is 11.2. The van der Waals surface area contributed by atoms with E-state index in [1.54, 1.807) is 18.2 Å². The van der Waals surface area contributed by atoms with Crippen LogP contribution in [0.2, 0.25) is 5.02 Å². The number of hydrogen-bond donors (Lipinski definition) is 1. The molecule has 0 spiro atoms. The van der Waals surface area contributed by atoms with Gasteiger partial charge in [-0.25, -0.2) is 4.79 Å². The van der Waals surface area contributed by atoms with E-state index in [1.165, 1.54) is 12.1 Å². The Kier molecular flexibility index (Phi) is 4.01. The highest BCUT2D eigenvalue weighted by molar-refractivity contribution is 6.31. The molecule has 6 heteroatoms. The summed E-state index contributed by atoms with van der Waals surface area (Å²) in [6.45, 7) is 2.05. The van der Waals surface area contributed by atoms with Crippen molar-refractivity contribution < 1.29 is 9.15 Å². The Morgan fingerprint density at radius 3 is 2.69 bits per heavy atom. The topological polar surface area (TPSA) is 72.3 Å². The Morgan fingerprint density at radius 1 is 1.04 bits per heavy atom. The summed E-state index contributed by atoms with van der Waals surface area (Å²) in [7, 11) is 0. The van der Waals surface area contributed by atoms with Crippen LogP contribution in [0.5, 0.6) is 5.75 Å². The van der Waals surface area contributed by atoms with Gasteiger partial charge in [-0.05, 0) is 36.8 Å². The van der Waals surface area contributed by atoms with Gasteiger partial charge in [0.15, 0.2) is 0 Å². The van der Waals surface area contributed by atoms with Crippen LogP contribution in [-0.4, -0.2) is 4.98 Å². The molecule has 130 valence electrons. The van der Waals surface area contributed by atoms with Crippen molar-refractivity contribution in [2.45, 2.75) is 13.5 Å². The number of aryl methyl sites for hydroxylation is 1. The molecule has 2 aromatic carbocycles. The molecule has 0 aliphatic carbocycles. The molecule has 0 aliphatic rings. The summed E-state index contributed by atoms with van der Waals surface area (Å²) >= 11 is 5.99. The first-order chi connectivity index (χ1) is 12.5. The Bertz CT molecular complexity index is 1260. The van der Waals surface area contributed by atoms with Crippen molar-refractivity contribution in [1.29, 1.82) is 0 Å². The summed E-state index contributed by atoms with van der Waals surface area (Å²) in [6, 6.07) is 13.6. The molecule has 1 N–H and O–H groups in total. The van der Waals surface area contributed by atoms with Crippen LogP contribution in [0.4, 0.5) is 0 Å². The maximum Gasteiger partial charge on any atom is 0.336 e. The molecule has 0 unspecified atom stereocenters. The van der Waals surface area contributed by atoms with E-state index in [0.717, 1.165) is 21.9 Å². The molecule has 26 heavy (non-hydrogen) atoms. The Labute approximate surface area is 152 Å². The first-order valence-corrected chi connectivity index (χ1v) is 8.36. The largest absolute Gasteiger partial charge is 0.489 e. The lowest BCUT2D eigenvalue weighted by molar-refractivity contribution is 0.307. The summed E-state index contributed by atoms with van der Waals surface area (Å²) in [4.78, 5) is 26.2. The number of aromatic amines is 1. The SMILES string of the molecule is Cc1cc(=O)oc2cc(OCc3cc(=O)[nH]c4cc(Cl)ccc34)ccc12. The van der Waals surface area contributed by atoms with E-state index in [4.69, 9.17) is 20.8 Å². The van der Waals surface area contributed by atoms with Gasteiger partial charge in [-0.3, -0.25) is 4.79 Å². The number of aromatic nitrogens is 1. The molecule has 0 saturated carbocycles. The van der Waals surface area contributed by atoms with Gasteiger partial charge >= 0.3 is 5.63 Å². The fourth-order valence-electron chi connectivity index (χ4n) is 2.98. The lowest BCUT2D eigenvalue weighted by Crippen LogP contribution is -2.08. The second-order valence-corrected chi connectivity index (χ2v) is 6.48. The van der Waals surface area contributed by atoms with Crippen molar-refractivity contribution >= 4 is 33.5 Å². The number of fused-ring (bicyclic) bond motifs is 2. The third-order valence-electron chi connectivity index (χ3n) is 4.21. The van der Waals surface area contributed by atoms with E-state index in [-0.39, 0.29) is 12.2 Å². The maximum absolute atomic E-state index is 11.9. The fraction of sp³-hybridized carbons (Fsp3) is 0.100. The summed E-state index contributed by atoms with van der Waals surface area (Å²) in [5.41, 5.74) is 2.09. The van der Waals surface area contributed by atoms with Gasteiger partial charge in [0, 0.05) is 39.6 Å². The zero-order valence-electron chi connectivity index (χ0n) is 13.8. The predicted octanol–water partition coefficient (Wildman–Crippen LogP) is 4.18. The van der Waals surface area contributed by atoms with Gasteiger partial charge in [0.05, 0.1) is 5.52 Å². The van der Waals surface area contributed by atoms with Gasteiger partial charge in [-0.1, -0.05) is 17.7 Å². The molecule has 0 fully saturated rings. The van der Waals surface area contributed by atoms with Gasteiger partial charge in [-0.15, -0.1) is 0 Å². The third kappa shape index (κ3) is 3.09.